The van der Waals surface area contributed by atoms with Crippen molar-refractivity contribution in [2.75, 3.05) is 0 Å². The molecular formula is H4N2O3U. The van der Waals surface area contributed by atoms with Crippen molar-refractivity contribution in [2.24, 2.45) is 0 Å². The molecule has 0 heterocycles. The van der Waals surface area contributed by atoms with Crippen LogP contribution in [0.15, 0.2) is 0 Å². The van der Waals surface area contributed by atoms with Crippen LogP contribution in [0, 0.1) is 46.4 Å². The van der Waals surface area contributed by atoms with Crippen molar-refractivity contribution in [1.29, 1.82) is 0 Å². The van der Waals surface area contributed by atoms with Gasteiger partial charge in [-0.15, -0.1) is 0 Å². The molecule has 36 valence electrons. The summed E-state index contributed by atoms with van der Waals surface area (Å²) in [6.07, 6.45) is 0. The van der Waals surface area contributed by atoms with Gasteiger partial charge in [0.2, 0.25) is 0 Å². The Balaban J connectivity index is -0.0000000450. The Morgan fingerprint density at radius 1 is 1.33 bits per heavy atom. The third kappa shape index (κ3) is 967. The summed E-state index contributed by atoms with van der Waals surface area (Å²) in [5.41, 5.74) is 0. The molecule has 0 amide bonds. The normalized spacial score (nSPS) is 4.00. The zero-order valence-electron chi connectivity index (χ0n) is 3.17. The standard InChI is InChI=1S/NO3.H3N.U/c2-1(3)4;;/h;1H3;/q-1;;/p+1. The van der Waals surface area contributed by atoms with Gasteiger partial charge in [0.15, 0.2) is 0 Å². The molecule has 0 aromatic rings. The number of quaternary nitrogens is 1. The summed E-state index contributed by atoms with van der Waals surface area (Å²) < 4.78 is 0. The smallest absolute Gasteiger partial charge is 0.0689 e. The van der Waals surface area contributed by atoms with E-state index < -0.39 is 5.09 Å². The maximum atomic E-state index is 8.25. The molecule has 6 heteroatoms. The van der Waals surface area contributed by atoms with Gasteiger partial charge in [0.05, 0.1) is 5.09 Å². The van der Waals surface area contributed by atoms with Crippen molar-refractivity contribution in [1.82, 2.24) is 6.15 Å². The molecule has 0 aromatic carbocycles. The number of hydrogen-bond acceptors (Lipinski definition) is 3. The first-order chi connectivity index (χ1) is 1.73. The summed E-state index contributed by atoms with van der Waals surface area (Å²) in [4.78, 5) is 8.25. The van der Waals surface area contributed by atoms with E-state index in [0.717, 1.165) is 0 Å². The van der Waals surface area contributed by atoms with E-state index >= 15 is 0 Å². The minimum Gasteiger partial charge on any atom is -0.369 e. The second kappa shape index (κ2) is 8.96. The van der Waals surface area contributed by atoms with Crippen LogP contribution in [0.2, 0.25) is 0 Å². The molecule has 4 N–H and O–H groups in total. The van der Waals surface area contributed by atoms with Crippen LogP contribution in [0.5, 0.6) is 0 Å². The van der Waals surface area contributed by atoms with Gasteiger partial charge in [-0.2, -0.15) is 0 Å². The van der Waals surface area contributed by atoms with E-state index in [4.69, 9.17) is 15.3 Å². The second-order valence-electron chi connectivity index (χ2n) is 0.224. The van der Waals surface area contributed by atoms with E-state index in [1.54, 1.807) is 0 Å². The molecule has 0 aliphatic rings. The van der Waals surface area contributed by atoms with Crippen molar-refractivity contribution >= 4 is 0 Å². The molecule has 0 saturated carbocycles. The molecule has 0 unspecified atom stereocenters. The maximum absolute atomic E-state index is 8.25. The molecule has 5 nitrogen and oxygen atoms in total. The van der Waals surface area contributed by atoms with Gasteiger partial charge in [-0.05, 0) is 0 Å². The monoisotopic (exact) mass is 318 g/mol. The van der Waals surface area contributed by atoms with Crippen molar-refractivity contribution in [3.8, 4) is 0 Å². The fourth-order valence-electron chi connectivity index (χ4n) is 0. The second-order valence-corrected chi connectivity index (χ2v) is 0.224. The van der Waals surface area contributed by atoms with Gasteiger partial charge < -0.3 is 21.5 Å². The molecule has 0 atom stereocenters. The number of nitrogens with zero attached hydrogens (tertiary/aromatic N) is 1. The third-order valence-corrected chi connectivity index (χ3v) is 0. The van der Waals surface area contributed by atoms with E-state index in [1.165, 1.54) is 0 Å². The molecule has 0 spiro atoms. The van der Waals surface area contributed by atoms with Crippen molar-refractivity contribution < 1.29 is 36.2 Å². The van der Waals surface area contributed by atoms with Crippen molar-refractivity contribution in [3.63, 3.8) is 0 Å². The van der Waals surface area contributed by atoms with E-state index in [9.17, 15) is 0 Å². The summed E-state index contributed by atoms with van der Waals surface area (Å²) in [5.74, 6) is 0. The Hall–Kier alpha value is 0.212. The Morgan fingerprint density at radius 3 is 1.33 bits per heavy atom. The molecular weight excluding hydrogens is 314 g/mol. The first kappa shape index (κ1) is 16.4. The quantitative estimate of drug-likeness (QED) is 0.507. The topological polar surface area (TPSA) is 103 Å². The maximum Gasteiger partial charge on any atom is 0.0689 e. The van der Waals surface area contributed by atoms with Gasteiger partial charge in [0, 0.05) is 31.1 Å². The third-order valence-electron chi connectivity index (χ3n) is 0. The Morgan fingerprint density at radius 2 is 1.33 bits per heavy atom. The van der Waals surface area contributed by atoms with Gasteiger partial charge in [-0.3, -0.25) is 0 Å². The average Bonchev–Trinajstić information content (AvgIpc) is 0.811. The van der Waals surface area contributed by atoms with Crippen LogP contribution in [0.25, 0.3) is 0 Å². The van der Waals surface area contributed by atoms with Crippen molar-refractivity contribution in [2.45, 2.75) is 0 Å². The summed E-state index contributed by atoms with van der Waals surface area (Å²) in [6.45, 7) is 0. The van der Waals surface area contributed by atoms with Gasteiger partial charge in [-0.1, -0.05) is 0 Å². The van der Waals surface area contributed by atoms with E-state index in [2.05, 4.69) is 0 Å². The van der Waals surface area contributed by atoms with Gasteiger partial charge in [0.1, 0.15) is 0 Å². The Labute approximate surface area is 57.8 Å². The molecule has 0 saturated heterocycles. The minimum absolute atomic E-state index is 0. The Bertz CT molecular complexity index is 31.8. The van der Waals surface area contributed by atoms with E-state index in [-0.39, 0.29) is 37.3 Å². The SMILES string of the molecule is O=[N+]([O-])[O-].[NH4+].[U]. The van der Waals surface area contributed by atoms with Crippen LogP contribution in [0.3, 0.4) is 0 Å². The van der Waals surface area contributed by atoms with Crippen LogP contribution >= 0.6 is 0 Å². The summed E-state index contributed by atoms with van der Waals surface area (Å²) in [6, 6.07) is 0. The average molecular weight is 318 g/mol. The first-order valence-electron chi connectivity index (χ1n) is 0.548. The van der Waals surface area contributed by atoms with Crippen LogP contribution in [0.4, 0.5) is 0 Å². The predicted octanol–water partition coefficient (Wildman–Crippen LogP) is 0.137. The zero-order chi connectivity index (χ0) is 3.58. The fourth-order valence-corrected chi connectivity index (χ4v) is 0. The minimum atomic E-state index is -1.75. The molecule has 0 aliphatic carbocycles. The molecule has 0 fully saturated rings. The van der Waals surface area contributed by atoms with E-state index in [1.807, 2.05) is 0 Å². The molecule has 0 aliphatic heterocycles. The van der Waals surface area contributed by atoms with Gasteiger partial charge >= 0.3 is 0 Å². The summed E-state index contributed by atoms with van der Waals surface area (Å²) in [7, 11) is 0. The number of hydrogen-bond donors (Lipinski definition) is 1. The summed E-state index contributed by atoms with van der Waals surface area (Å²) in [5, 5.41) is 14.8. The van der Waals surface area contributed by atoms with E-state index in [0.29, 0.717) is 0 Å². The molecule has 0 rings (SSSR count). The van der Waals surface area contributed by atoms with Crippen LogP contribution in [-0.4, -0.2) is 5.09 Å². The van der Waals surface area contributed by atoms with Crippen LogP contribution in [-0.2, 0) is 0 Å². The summed E-state index contributed by atoms with van der Waals surface area (Å²) >= 11 is 0. The zero-order valence-corrected chi connectivity index (χ0v) is 7.34. The molecule has 6 heavy (non-hydrogen) atoms. The predicted molar refractivity (Wildman–Crippen MR) is 16.3 cm³/mol. The number of rotatable bonds is 0. The van der Waals surface area contributed by atoms with Crippen LogP contribution < -0.4 is 6.15 Å². The molecule has 0 aromatic heterocycles. The largest absolute Gasteiger partial charge is 0.369 e. The fraction of sp³-hybridized carbons (Fsp3) is 0. The van der Waals surface area contributed by atoms with Crippen LogP contribution in [0.1, 0.15) is 0 Å². The first-order valence-corrected chi connectivity index (χ1v) is 0.548. The van der Waals surface area contributed by atoms with Gasteiger partial charge in [0.25, 0.3) is 0 Å². The van der Waals surface area contributed by atoms with Crippen molar-refractivity contribution in [3.05, 3.63) is 15.3 Å². The molecule has 0 radical (unpaired) electrons. The van der Waals surface area contributed by atoms with Gasteiger partial charge in [-0.25, -0.2) is 0 Å². The molecule has 0 bridgehead atoms. The Kier molecular flexibility index (Phi) is 24.4.